The fourth-order valence-electron chi connectivity index (χ4n) is 0.676. The van der Waals surface area contributed by atoms with Gasteiger partial charge in [-0.15, -0.1) is 0 Å². The topological polar surface area (TPSA) is 34.1 Å². The molecule has 0 aromatic heterocycles. The second-order valence-corrected chi connectivity index (χ2v) is 1.75. The minimum absolute atomic E-state index is 0.102. The van der Waals surface area contributed by atoms with Gasteiger partial charge >= 0.3 is 0 Å². The predicted octanol–water partition coefficient (Wildman–Crippen LogP) is 2.36. The molecule has 2 heteroatoms. The third-order valence-corrected chi connectivity index (χ3v) is 1.08. The first-order chi connectivity index (χ1) is 5.29. The van der Waals surface area contributed by atoms with Crippen LogP contribution in [0.5, 0.6) is 0 Å². The molecule has 0 aliphatic heterocycles. The van der Waals surface area contributed by atoms with Crippen LogP contribution in [0, 0.1) is 0 Å². The summed E-state index contributed by atoms with van der Waals surface area (Å²) in [4.78, 5) is 20.5. The van der Waals surface area contributed by atoms with Crippen LogP contribution in [0.4, 0.5) is 0 Å². The predicted molar refractivity (Wildman–Crippen MR) is 46.6 cm³/mol. The zero-order valence-electron chi connectivity index (χ0n) is 7.94. The molecule has 66 valence electrons. The fourth-order valence-corrected chi connectivity index (χ4v) is 0.676. The smallest absolute Gasteiger partial charge is 0.140 e. The van der Waals surface area contributed by atoms with Crippen LogP contribution in [-0.2, 0) is 9.59 Å². The van der Waals surface area contributed by atoms with E-state index < -0.39 is 0 Å². The van der Waals surface area contributed by atoms with E-state index in [2.05, 4.69) is 0 Å². The Labute approximate surface area is 69.0 Å². The molecule has 0 bridgehead atoms. The molecular formula is C9H18O2. The minimum Gasteiger partial charge on any atom is -0.299 e. The minimum atomic E-state index is 0.102. The maximum Gasteiger partial charge on any atom is 0.140 e. The quantitative estimate of drug-likeness (QED) is 0.507. The largest absolute Gasteiger partial charge is 0.299 e. The van der Waals surface area contributed by atoms with E-state index in [1.807, 2.05) is 27.7 Å². The van der Waals surface area contributed by atoms with Gasteiger partial charge in [-0.3, -0.25) is 9.59 Å². The van der Waals surface area contributed by atoms with Crippen molar-refractivity contribution in [3.05, 3.63) is 0 Å². The molecule has 11 heavy (non-hydrogen) atoms. The van der Waals surface area contributed by atoms with Crippen molar-refractivity contribution in [2.75, 3.05) is 0 Å². The van der Waals surface area contributed by atoms with Gasteiger partial charge < -0.3 is 0 Å². The second kappa shape index (κ2) is 9.34. The molecule has 1 aliphatic carbocycles. The average molecular weight is 158 g/mol. The summed E-state index contributed by atoms with van der Waals surface area (Å²) in [7, 11) is 0. The van der Waals surface area contributed by atoms with Crippen molar-refractivity contribution in [2.24, 2.45) is 0 Å². The van der Waals surface area contributed by atoms with E-state index in [0.29, 0.717) is 12.8 Å². The summed E-state index contributed by atoms with van der Waals surface area (Å²) in [5, 5.41) is 0. The molecule has 1 saturated carbocycles. The zero-order chi connectivity index (χ0) is 9.28. The number of Topliss-reactive ketones (excluding diaryl/α,β-unsaturated/α-hetero) is 2. The van der Waals surface area contributed by atoms with Gasteiger partial charge in [0.05, 0.1) is 6.42 Å². The van der Waals surface area contributed by atoms with Crippen LogP contribution in [0.25, 0.3) is 0 Å². The molecule has 2 nitrogen and oxygen atoms in total. The Kier molecular flexibility index (Phi) is 11.0. The summed E-state index contributed by atoms with van der Waals surface area (Å²) >= 11 is 0. The van der Waals surface area contributed by atoms with Crippen molar-refractivity contribution in [2.45, 2.75) is 47.0 Å². The van der Waals surface area contributed by atoms with Crippen LogP contribution in [0.15, 0.2) is 0 Å². The maximum atomic E-state index is 10.2. The summed E-state index contributed by atoms with van der Waals surface area (Å²) < 4.78 is 0. The van der Waals surface area contributed by atoms with E-state index in [4.69, 9.17) is 0 Å². The van der Waals surface area contributed by atoms with E-state index in [-0.39, 0.29) is 18.0 Å². The first-order valence-corrected chi connectivity index (χ1v) is 4.32. The molecule has 1 rings (SSSR count). The highest BCUT2D eigenvalue weighted by molar-refractivity contribution is 6.05. The second-order valence-electron chi connectivity index (χ2n) is 1.75. The molecule has 0 amide bonds. The summed E-state index contributed by atoms with van der Waals surface area (Å²) in [5.74, 6) is 0.204. The molecule has 0 atom stereocenters. The lowest BCUT2D eigenvalue weighted by atomic mass is 10.3. The highest BCUT2D eigenvalue weighted by atomic mass is 16.2. The standard InChI is InChI=1S/C5H6O2.2C2H6/c6-4-1-2-5(7)3-4;2*1-2/h1-3H2;2*1-2H3. The molecule has 0 radical (unpaired) electrons. The summed E-state index contributed by atoms with van der Waals surface area (Å²) in [6.45, 7) is 8.00. The number of ketones is 2. The number of carbonyl (C=O) groups is 2. The average Bonchev–Trinajstić information content (AvgIpc) is 2.43. The van der Waals surface area contributed by atoms with Crippen molar-refractivity contribution in [3.8, 4) is 0 Å². The zero-order valence-corrected chi connectivity index (χ0v) is 7.94. The van der Waals surface area contributed by atoms with E-state index in [0.717, 1.165) is 0 Å². The number of rotatable bonds is 0. The number of hydrogen-bond donors (Lipinski definition) is 0. The fraction of sp³-hybridized carbons (Fsp3) is 0.778. The number of hydrogen-bond acceptors (Lipinski definition) is 2. The summed E-state index contributed by atoms with van der Waals surface area (Å²) in [6.07, 6.45) is 1.16. The summed E-state index contributed by atoms with van der Waals surface area (Å²) in [6, 6.07) is 0. The van der Waals surface area contributed by atoms with E-state index in [1.165, 1.54) is 0 Å². The first kappa shape index (κ1) is 13.0. The van der Waals surface area contributed by atoms with Crippen molar-refractivity contribution in [3.63, 3.8) is 0 Å². The molecule has 0 unspecified atom stereocenters. The van der Waals surface area contributed by atoms with Crippen LogP contribution in [-0.4, -0.2) is 11.6 Å². The lowest BCUT2D eigenvalue weighted by Crippen LogP contribution is -1.88. The van der Waals surface area contributed by atoms with Crippen molar-refractivity contribution >= 4 is 11.6 Å². The first-order valence-electron chi connectivity index (χ1n) is 4.32. The third-order valence-electron chi connectivity index (χ3n) is 1.08. The molecule has 1 fully saturated rings. The Hall–Kier alpha value is -0.660. The van der Waals surface area contributed by atoms with E-state index in [1.54, 1.807) is 0 Å². The Balaban J connectivity index is 0. The lowest BCUT2D eigenvalue weighted by Gasteiger charge is -1.71. The Morgan fingerprint density at radius 2 is 1.09 bits per heavy atom. The monoisotopic (exact) mass is 158 g/mol. The van der Waals surface area contributed by atoms with E-state index in [9.17, 15) is 9.59 Å². The summed E-state index contributed by atoms with van der Waals surface area (Å²) in [5.41, 5.74) is 0. The SMILES string of the molecule is CC.CC.O=C1CCC(=O)C1. The Morgan fingerprint density at radius 3 is 1.18 bits per heavy atom. The molecule has 0 saturated heterocycles. The van der Waals surface area contributed by atoms with Crippen LogP contribution in [0.1, 0.15) is 47.0 Å². The van der Waals surface area contributed by atoms with Crippen LogP contribution in [0.3, 0.4) is 0 Å². The molecule has 1 aliphatic rings. The Morgan fingerprint density at radius 1 is 0.818 bits per heavy atom. The highest BCUT2D eigenvalue weighted by Crippen LogP contribution is 2.07. The van der Waals surface area contributed by atoms with Crippen LogP contribution < -0.4 is 0 Å². The molecular weight excluding hydrogens is 140 g/mol. The highest BCUT2D eigenvalue weighted by Gasteiger charge is 2.17. The van der Waals surface area contributed by atoms with Crippen molar-refractivity contribution in [1.82, 2.24) is 0 Å². The lowest BCUT2D eigenvalue weighted by molar-refractivity contribution is -0.121. The van der Waals surface area contributed by atoms with Gasteiger partial charge in [-0.2, -0.15) is 0 Å². The van der Waals surface area contributed by atoms with Gasteiger partial charge in [0, 0.05) is 12.8 Å². The maximum absolute atomic E-state index is 10.2. The van der Waals surface area contributed by atoms with Gasteiger partial charge in [0.15, 0.2) is 0 Å². The van der Waals surface area contributed by atoms with Gasteiger partial charge in [-0.1, -0.05) is 27.7 Å². The van der Waals surface area contributed by atoms with Gasteiger partial charge in [-0.25, -0.2) is 0 Å². The molecule has 0 spiro atoms. The van der Waals surface area contributed by atoms with Gasteiger partial charge in [0.2, 0.25) is 0 Å². The van der Waals surface area contributed by atoms with Gasteiger partial charge in [0.25, 0.3) is 0 Å². The van der Waals surface area contributed by atoms with Gasteiger partial charge in [-0.05, 0) is 0 Å². The molecule has 0 heterocycles. The normalized spacial score (nSPS) is 14.5. The molecule has 0 aromatic rings. The molecule has 0 aromatic carbocycles. The van der Waals surface area contributed by atoms with Crippen molar-refractivity contribution in [1.29, 1.82) is 0 Å². The van der Waals surface area contributed by atoms with Crippen LogP contribution >= 0.6 is 0 Å². The van der Waals surface area contributed by atoms with Crippen molar-refractivity contribution < 1.29 is 9.59 Å². The third kappa shape index (κ3) is 7.23. The number of carbonyl (C=O) groups excluding carboxylic acids is 2. The van der Waals surface area contributed by atoms with E-state index >= 15 is 0 Å². The van der Waals surface area contributed by atoms with Crippen LogP contribution in [0.2, 0.25) is 0 Å². The van der Waals surface area contributed by atoms with Gasteiger partial charge in [0.1, 0.15) is 11.6 Å². The Bertz CT molecular complexity index is 103. The molecule has 0 N–H and O–H groups in total.